The smallest absolute Gasteiger partial charge is 0.204 e. The number of carbonyl (C=O) groups excluding carboxylic acids is 1. The van der Waals surface area contributed by atoms with E-state index in [-0.39, 0.29) is 11.5 Å². The first-order chi connectivity index (χ1) is 7.31. The fourth-order valence-corrected chi connectivity index (χ4v) is 1.73. The molecule has 2 rings (SSSR count). The molecular weight excluding hydrogens is 214 g/mol. The summed E-state index contributed by atoms with van der Waals surface area (Å²) in [5.74, 6) is 0.518. The summed E-state index contributed by atoms with van der Waals surface area (Å²) in [6.45, 7) is 0. The SMILES string of the molecule is N#Cc1ccc(Sc2ccc(C=O)o2)o1. The highest BCUT2D eigenvalue weighted by atomic mass is 32.2. The van der Waals surface area contributed by atoms with Gasteiger partial charge in [0.15, 0.2) is 22.2 Å². The number of hydrogen-bond donors (Lipinski definition) is 0. The van der Waals surface area contributed by atoms with Crippen LogP contribution in [0.5, 0.6) is 0 Å². The monoisotopic (exact) mass is 219 g/mol. The minimum atomic E-state index is 0.250. The molecule has 0 aromatic carbocycles. The lowest BCUT2D eigenvalue weighted by atomic mass is 10.5. The van der Waals surface area contributed by atoms with Crippen molar-refractivity contribution in [2.75, 3.05) is 0 Å². The second-order valence-electron chi connectivity index (χ2n) is 2.61. The first kappa shape index (κ1) is 9.62. The topological polar surface area (TPSA) is 67.1 Å². The Morgan fingerprint density at radius 1 is 1.20 bits per heavy atom. The van der Waals surface area contributed by atoms with Crippen molar-refractivity contribution < 1.29 is 13.6 Å². The first-order valence-electron chi connectivity index (χ1n) is 4.04. The van der Waals surface area contributed by atoms with Gasteiger partial charge in [0.1, 0.15) is 6.07 Å². The lowest BCUT2D eigenvalue weighted by Crippen LogP contribution is -1.67. The molecule has 0 fully saturated rings. The zero-order chi connectivity index (χ0) is 10.7. The third-order valence-electron chi connectivity index (χ3n) is 1.61. The van der Waals surface area contributed by atoms with Crippen LogP contribution >= 0.6 is 11.8 Å². The molecule has 0 aliphatic heterocycles. The van der Waals surface area contributed by atoms with Gasteiger partial charge in [0.2, 0.25) is 5.76 Å². The highest BCUT2D eigenvalue weighted by Gasteiger charge is 2.07. The summed E-state index contributed by atoms with van der Waals surface area (Å²) in [5, 5.41) is 9.64. The number of furan rings is 2. The molecule has 0 amide bonds. The average molecular weight is 219 g/mol. The van der Waals surface area contributed by atoms with Gasteiger partial charge in [0, 0.05) is 0 Å². The summed E-state index contributed by atoms with van der Waals surface area (Å²) in [6.07, 6.45) is 0.632. The average Bonchev–Trinajstić information content (AvgIpc) is 2.87. The molecule has 0 radical (unpaired) electrons. The highest BCUT2D eigenvalue weighted by molar-refractivity contribution is 7.99. The molecule has 0 saturated heterocycles. The van der Waals surface area contributed by atoms with E-state index in [4.69, 9.17) is 14.1 Å². The Morgan fingerprint density at radius 3 is 2.53 bits per heavy atom. The van der Waals surface area contributed by atoms with E-state index < -0.39 is 0 Å². The van der Waals surface area contributed by atoms with Gasteiger partial charge in [-0.25, -0.2) is 0 Å². The van der Waals surface area contributed by atoms with Gasteiger partial charge in [-0.05, 0) is 36.0 Å². The van der Waals surface area contributed by atoms with Crippen LogP contribution in [0.15, 0.2) is 43.3 Å². The van der Waals surface area contributed by atoms with Gasteiger partial charge in [-0.15, -0.1) is 0 Å². The molecule has 2 heterocycles. The molecule has 4 nitrogen and oxygen atoms in total. The van der Waals surface area contributed by atoms with Crippen molar-refractivity contribution in [2.24, 2.45) is 0 Å². The van der Waals surface area contributed by atoms with Gasteiger partial charge in [-0.2, -0.15) is 5.26 Å². The van der Waals surface area contributed by atoms with E-state index in [1.807, 2.05) is 6.07 Å². The minimum Gasteiger partial charge on any atom is -0.447 e. The summed E-state index contributed by atoms with van der Waals surface area (Å²) < 4.78 is 10.3. The number of rotatable bonds is 3. The van der Waals surface area contributed by atoms with Gasteiger partial charge in [0.25, 0.3) is 0 Å². The Morgan fingerprint density at radius 2 is 1.93 bits per heavy atom. The summed E-state index contributed by atoms with van der Waals surface area (Å²) in [7, 11) is 0. The lowest BCUT2D eigenvalue weighted by molar-refractivity contribution is 0.109. The maximum absolute atomic E-state index is 10.4. The van der Waals surface area contributed by atoms with E-state index in [0.717, 1.165) is 0 Å². The van der Waals surface area contributed by atoms with Crippen molar-refractivity contribution in [3.63, 3.8) is 0 Å². The Bertz CT molecular complexity index is 521. The van der Waals surface area contributed by atoms with Crippen molar-refractivity contribution in [2.45, 2.75) is 10.2 Å². The van der Waals surface area contributed by atoms with E-state index in [1.54, 1.807) is 24.3 Å². The van der Waals surface area contributed by atoms with Gasteiger partial charge >= 0.3 is 0 Å². The zero-order valence-corrected chi connectivity index (χ0v) is 8.28. The number of nitriles is 1. The molecule has 2 aromatic heterocycles. The van der Waals surface area contributed by atoms with Gasteiger partial charge in [-0.1, -0.05) is 0 Å². The third-order valence-corrected chi connectivity index (χ3v) is 2.45. The predicted octanol–water partition coefficient (Wildman–Crippen LogP) is 2.71. The van der Waals surface area contributed by atoms with E-state index in [1.165, 1.54) is 11.8 Å². The van der Waals surface area contributed by atoms with Gasteiger partial charge < -0.3 is 8.83 Å². The minimum absolute atomic E-state index is 0.250. The second kappa shape index (κ2) is 4.07. The highest BCUT2D eigenvalue weighted by Crippen LogP contribution is 2.30. The molecule has 5 heteroatoms. The van der Waals surface area contributed by atoms with Crippen molar-refractivity contribution in [3.05, 3.63) is 35.8 Å². The van der Waals surface area contributed by atoms with Crippen LogP contribution in [0, 0.1) is 11.3 Å². The first-order valence-corrected chi connectivity index (χ1v) is 4.86. The van der Waals surface area contributed by atoms with E-state index in [9.17, 15) is 4.79 Å². The number of carbonyl (C=O) groups is 1. The van der Waals surface area contributed by atoms with Gasteiger partial charge in [-0.3, -0.25) is 4.79 Å². The maximum Gasteiger partial charge on any atom is 0.204 e. The molecule has 0 unspecified atom stereocenters. The number of aldehydes is 1. The van der Waals surface area contributed by atoms with Gasteiger partial charge in [0.05, 0.1) is 0 Å². The molecule has 74 valence electrons. The van der Waals surface area contributed by atoms with Crippen LogP contribution in [-0.2, 0) is 0 Å². The van der Waals surface area contributed by atoms with Crippen LogP contribution in [0.4, 0.5) is 0 Å². The summed E-state index contributed by atoms with van der Waals surface area (Å²) >= 11 is 1.22. The van der Waals surface area contributed by atoms with Crippen LogP contribution in [-0.4, -0.2) is 6.29 Å². The van der Waals surface area contributed by atoms with Crippen molar-refractivity contribution in [1.82, 2.24) is 0 Å². The molecule has 0 aliphatic rings. The molecule has 0 N–H and O–H groups in total. The Hall–Kier alpha value is -1.93. The van der Waals surface area contributed by atoms with Crippen LogP contribution in [0.2, 0.25) is 0 Å². The second-order valence-corrected chi connectivity index (χ2v) is 3.62. The third kappa shape index (κ3) is 2.11. The van der Waals surface area contributed by atoms with E-state index in [2.05, 4.69) is 0 Å². The Kier molecular flexibility index (Phi) is 2.61. The van der Waals surface area contributed by atoms with Crippen molar-refractivity contribution in [3.8, 4) is 6.07 Å². The Labute approximate surface area is 89.5 Å². The fraction of sp³-hybridized carbons (Fsp3) is 0. The molecule has 0 atom stereocenters. The standard InChI is InChI=1S/C10H5NO3S/c11-5-7-1-3-9(13-7)15-10-4-2-8(6-12)14-10/h1-4,6H. The largest absolute Gasteiger partial charge is 0.447 e. The van der Waals surface area contributed by atoms with E-state index in [0.29, 0.717) is 16.5 Å². The quantitative estimate of drug-likeness (QED) is 0.742. The number of nitrogens with zero attached hydrogens (tertiary/aromatic N) is 1. The summed E-state index contributed by atoms with van der Waals surface area (Å²) in [6, 6.07) is 8.37. The molecule has 0 saturated carbocycles. The molecule has 0 spiro atoms. The molecule has 15 heavy (non-hydrogen) atoms. The van der Waals surface area contributed by atoms with Crippen LogP contribution < -0.4 is 0 Å². The molecular formula is C10H5NO3S. The maximum atomic E-state index is 10.4. The van der Waals surface area contributed by atoms with Crippen LogP contribution in [0.25, 0.3) is 0 Å². The number of hydrogen-bond acceptors (Lipinski definition) is 5. The molecule has 0 aliphatic carbocycles. The normalized spacial score (nSPS) is 9.80. The Balaban J connectivity index is 2.15. The summed E-state index contributed by atoms with van der Waals surface area (Å²) in [4.78, 5) is 10.4. The van der Waals surface area contributed by atoms with Crippen molar-refractivity contribution >= 4 is 18.0 Å². The fourth-order valence-electron chi connectivity index (χ4n) is 0.987. The summed E-state index contributed by atoms with van der Waals surface area (Å²) in [5.41, 5.74) is 0. The van der Waals surface area contributed by atoms with Crippen LogP contribution in [0.3, 0.4) is 0 Å². The predicted molar refractivity (Wildman–Crippen MR) is 51.6 cm³/mol. The lowest BCUT2D eigenvalue weighted by Gasteiger charge is -1.90. The van der Waals surface area contributed by atoms with Crippen LogP contribution in [0.1, 0.15) is 16.3 Å². The van der Waals surface area contributed by atoms with Crippen molar-refractivity contribution in [1.29, 1.82) is 5.26 Å². The molecule has 2 aromatic rings. The van der Waals surface area contributed by atoms with E-state index >= 15 is 0 Å². The zero-order valence-electron chi connectivity index (χ0n) is 7.47. The molecule has 0 bridgehead atoms.